The molecule has 2 heterocycles. The van der Waals surface area contributed by atoms with Crippen molar-refractivity contribution in [2.24, 2.45) is 0 Å². The summed E-state index contributed by atoms with van der Waals surface area (Å²) in [6.07, 6.45) is 8.80. The van der Waals surface area contributed by atoms with E-state index in [0.717, 1.165) is 34.3 Å². The van der Waals surface area contributed by atoms with E-state index in [1.54, 1.807) is 10.9 Å². The minimum absolute atomic E-state index is 0.195. The molecule has 0 unspecified atom stereocenters. The molecular formula is C17H16F2N4O. The summed E-state index contributed by atoms with van der Waals surface area (Å²) in [5.41, 5.74) is 1.92. The van der Waals surface area contributed by atoms with Gasteiger partial charge in [0.2, 0.25) is 0 Å². The third-order valence-corrected chi connectivity index (χ3v) is 3.91. The molecule has 5 nitrogen and oxygen atoms in total. The Morgan fingerprint density at radius 3 is 2.67 bits per heavy atom. The zero-order valence-electron chi connectivity index (χ0n) is 12.8. The molecule has 0 amide bonds. The van der Waals surface area contributed by atoms with Crippen LogP contribution in [0.3, 0.4) is 0 Å². The van der Waals surface area contributed by atoms with E-state index in [-0.39, 0.29) is 12.4 Å². The number of nitrogens with zero attached hydrogens (tertiary/aromatic N) is 4. The first kappa shape index (κ1) is 14.9. The molecule has 0 N–H and O–H groups in total. The molecule has 0 bridgehead atoms. The van der Waals surface area contributed by atoms with Crippen LogP contribution in [0.25, 0.3) is 11.1 Å². The van der Waals surface area contributed by atoms with Gasteiger partial charge in [-0.2, -0.15) is 13.9 Å². The Balaban J connectivity index is 1.48. The van der Waals surface area contributed by atoms with Gasteiger partial charge in [0.15, 0.2) is 0 Å². The van der Waals surface area contributed by atoms with Crippen LogP contribution in [0.4, 0.5) is 8.78 Å². The number of benzene rings is 1. The smallest absolute Gasteiger partial charge is 0.319 e. The van der Waals surface area contributed by atoms with E-state index in [1.807, 2.05) is 30.5 Å². The maximum absolute atomic E-state index is 12.8. The average Bonchev–Trinajstić information content (AvgIpc) is 3.08. The van der Waals surface area contributed by atoms with Crippen LogP contribution in [0.5, 0.6) is 5.75 Å². The lowest BCUT2D eigenvalue weighted by molar-refractivity contribution is 0.0665. The fourth-order valence-electron chi connectivity index (χ4n) is 2.49. The van der Waals surface area contributed by atoms with Crippen molar-refractivity contribution in [1.29, 1.82) is 0 Å². The van der Waals surface area contributed by atoms with Gasteiger partial charge in [-0.05, 0) is 30.5 Å². The minimum Gasteiger partial charge on any atom is -0.490 e. The topological polar surface area (TPSA) is 44.9 Å². The second-order valence-corrected chi connectivity index (χ2v) is 5.80. The number of hydrogen-bond donors (Lipinski definition) is 0. The largest absolute Gasteiger partial charge is 0.490 e. The van der Waals surface area contributed by atoms with Crippen molar-refractivity contribution >= 4 is 0 Å². The van der Waals surface area contributed by atoms with Gasteiger partial charge in [0.1, 0.15) is 11.6 Å². The molecule has 0 radical (unpaired) electrons. The summed E-state index contributed by atoms with van der Waals surface area (Å²) >= 11 is 0. The summed E-state index contributed by atoms with van der Waals surface area (Å²) < 4.78 is 33.9. The molecule has 2 aromatic heterocycles. The van der Waals surface area contributed by atoms with E-state index in [0.29, 0.717) is 6.10 Å². The first-order chi connectivity index (χ1) is 11.7. The molecule has 1 fully saturated rings. The molecule has 1 aliphatic rings. The highest BCUT2D eigenvalue weighted by Crippen LogP contribution is 2.28. The maximum Gasteiger partial charge on any atom is 0.319 e. The molecular weight excluding hydrogens is 314 g/mol. The minimum atomic E-state index is -2.60. The molecule has 1 aliphatic carbocycles. The number of halogens is 2. The highest BCUT2D eigenvalue weighted by molar-refractivity contribution is 5.62. The predicted octanol–water partition coefficient (Wildman–Crippen LogP) is 3.73. The molecule has 124 valence electrons. The summed E-state index contributed by atoms with van der Waals surface area (Å²) in [5, 5.41) is 4.24. The van der Waals surface area contributed by atoms with Crippen LogP contribution in [-0.2, 0) is 6.54 Å². The van der Waals surface area contributed by atoms with Crippen LogP contribution in [-0.4, -0.2) is 25.4 Å². The highest BCUT2D eigenvalue weighted by Gasteiger charge is 2.23. The number of rotatable bonds is 6. The Labute approximate surface area is 137 Å². The highest BCUT2D eigenvalue weighted by atomic mass is 19.3. The third-order valence-electron chi connectivity index (χ3n) is 3.91. The SMILES string of the molecule is FC(F)n1ccnc1Cn1cc(-c2ccc(OC3CC3)cc2)cn1. The fourth-order valence-corrected chi connectivity index (χ4v) is 2.49. The van der Waals surface area contributed by atoms with Crippen molar-refractivity contribution < 1.29 is 13.5 Å². The zero-order chi connectivity index (χ0) is 16.5. The van der Waals surface area contributed by atoms with E-state index < -0.39 is 6.55 Å². The molecule has 7 heteroatoms. The van der Waals surface area contributed by atoms with Crippen LogP contribution in [0.2, 0.25) is 0 Å². The van der Waals surface area contributed by atoms with E-state index in [1.165, 1.54) is 12.4 Å². The molecule has 1 saturated carbocycles. The molecule has 0 atom stereocenters. The van der Waals surface area contributed by atoms with Gasteiger partial charge in [-0.3, -0.25) is 9.25 Å². The van der Waals surface area contributed by atoms with Crippen LogP contribution in [0, 0.1) is 0 Å². The zero-order valence-corrected chi connectivity index (χ0v) is 12.8. The van der Waals surface area contributed by atoms with Crippen LogP contribution >= 0.6 is 0 Å². The normalized spacial score (nSPS) is 14.3. The van der Waals surface area contributed by atoms with Crippen molar-refractivity contribution in [2.75, 3.05) is 0 Å². The van der Waals surface area contributed by atoms with Crippen LogP contribution in [0.15, 0.2) is 49.1 Å². The van der Waals surface area contributed by atoms with Gasteiger partial charge in [0.05, 0.1) is 18.8 Å². The summed E-state index contributed by atoms with van der Waals surface area (Å²) in [6, 6.07) is 7.82. The molecule has 24 heavy (non-hydrogen) atoms. The fraction of sp³-hybridized carbons (Fsp3) is 0.294. The second-order valence-electron chi connectivity index (χ2n) is 5.80. The van der Waals surface area contributed by atoms with E-state index >= 15 is 0 Å². The lowest BCUT2D eigenvalue weighted by atomic mass is 10.1. The molecule has 0 saturated heterocycles. The van der Waals surface area contributed by atoms with Crippen molar-refractivity contribution in [3.63, 3.8) is 0 Å². The summed E-state index contributed by atoms with van der Waals surface area (Å²) in [5.74, 6) is 1.14. The van der Waals surface area contributed by atoms with Crippen molar-refractivity contribution in [1.82, 2.24) is 19.3 Å². The number of ether oxygens (including phenoxy) is 1. The Kier molecular flexibility index (Phi) is 3.76. The monoisotopic (exact) mass is 330 g/mol. The number of alkyl halides is 2. The first-order valence-corrected chi connectivity index (χ1v) is 7.78. The van der Waals surface area contributed by atoms with Crippen molar-refractivity contribution in [2.45, 2.75) is 32.0 Å². The lowest BCUT2D eigenvalue weighted by Crippen LogP contribution is -2.09. The Hall–Kier alpha value is -2.70. The van der Waals surface area contributed by atoms with E-state index in [9.17, 15) is 8.78 Å². The Bertz CT molecular complexity index is 821. The molecule has 1 aromatic carbocycles. The van der Waals surface area contributed by atoms with Crippen LogP contribution in [0.1, 0.15) is 25.2 Å². The van der Waals surface area contributed by atoms with Gasteiger partial charge in [-0.1, -0.05) is 12.1 Å². The molecule has 3 aromatic rings. The molecule has 0 spiro atoms. The maximum atomic E-state index is 12.8. The standard InChI is InChI=1S/C17H16F2N4O/c18-17(19)23-8-7-20-16(23)11-22-10-13(9-21-22)12-1-3-14(4-2-12)24-15-5-6-15/h1-4,7-10,15,17H,5-6,11H2. The second kappa shape index (κ2) is 6.07. The quantitative estimate of drug-likeness (QED) is 0.692. The van der Waals surface area contributed by atoms with E-state index in [2.05, 4.69) is 10.1 Å². The van der Waals surface area contributed by atoms with E-state index in [4.69, 9.17) is 4.74 Å². The van der Waals surface area contributed by atoms with Gasteiger partial charge in [-0.15, -0.1) is 0 Å². The number of imidazole rings is 1. The van der Waals surface area contributed by atoms with Crippen molar-refractivity contribution in [3.05, 3.63) is 54.9 Å². The average molecular weight is 330 g/mol. The number of hydrogen-bond acceptors (Lipinski definition) is 3. The summed E-state index contributed by atoms with van der Waals surface area (Å²) in [7, 11) is 0. The van der Waals surface area contributed by atoms with Gasteiger partial charge in [0.25, 0.3) is 0 Å². The molecule has 0 aliphatic heterocycles. The van der Waals surface area contributed by atoms with Gasteiger partial charge >= 0.3 is 6.55 Å². The third kappa shape index (κ3) is 3.15. The number of aromatic nitrogens is 4. The van der Waals surface area contributed by atoms with Gasteiger partial charge < -0.3 is 4.74 Å². The first-order valence-electron chi connectivity index (χ1n) is 7.78. The summed E-state index contributed by atoms with van der Waals surface area (Å²) in [6.45, 7) is -2.41. The lowest BCUT2D eigenvalue weighted by Gasteiger charge is -2.06. The van der Waals surface area contributed by atoms with Gasteiger partial charge in [-0.25, -0.2) is 4.98 Å². The van der Waals surface area contributed by atoms with Crippen LogP contribution < -0.4 is 4.74 Å². The van der Waals surface area contributed by atoms with Crippen molar-refractivity contribution in [3.8, 4) is 16.9 Å². The predicted molar refractivity (Wildman–Crippen MR) is 83.9 cm³/mol. The summed E-state index contributed by atoms with van der Waals surface area (Å²) in [4.78, 5) is 3.97. The Morgan fingerprint density at radius 1 is 1.17 bits per heavy atom. The molecule has 4 rings (SSSR count). The van der Waals surface area contributed by atoms with Gasteiger partial charge in [0, 0.05) is 24.2 Å². The Morgan fingerprint density at radius 2 is 1.96 bits per heavy atom.